The van der Waals surface area contributed by atoms with Gasteiger partial charge in [0.25, 0.3) is 0 Å². The predicted octanol–water partition coefficient (Wildman–Crippen LogP) is 10.3. The minimum atomic E-state index is -0.802. The van der Waals surface area contributed by atoms with Crippen LogP contribution in [0.15, 0.2) is 146 Å². The van der Waals surface area contributed by atoms with Crippen molar-refractivity contribution in [1.82, 2.24) is 0 Å². The highest BCUT2D eigenvalue weighted by Crippen LogP contribution is 2.49. The van der Waals surface area contributed by atoms with Gasteiger partial charge in [0.2, 0.25) is 0 Å². The van der Waals surface area contributed by atoms with Gasteiger partial charge in [-0.25, -0.2) is 0 Å². The van der Waals surface area contributed by atoms with Crippen LogP contribution in [0.1, 0.15) is 47.2 Å². The van der Waals surface area contributed by atoms with Crippen LogP contribution in [0.25, 0.3) is 22.9 Å². The zero-order chi connectivity index (χ0) is 32.6. The van der Waals surface area contributed by atoms with E-state index in [0.29, 0.717) is 13.2 Å². The summed E-state index contributed by atoms with van der Waals surface area (Å²) >= 11 is 0. The zero-order valence-electron chi connectivity index (χ0n) is 27.1. The maximum atomic E-state index is 7.10. The van der Waals surface area contributed by atoms with Gasteiger partial charge in [0.15, 0.2) is 11.2 Å². The van der Waals surface area contributed by atoms with Crippen molar-refractivity contribution in [1.29, 1.82) is 0 Å². The van der Waals surface area contributed by atoms with Crippen molar-refractivity contribution < 1.29 is 18.9 Å². The number of hydrogen-bond acceptors (Lipinski definition) is 4. The van der Waals surface area contributed by atoms with Gasteiger partial charge in [-0.1, -0.05) is 97.1 Å². The van der Waals surface area contributed by atoms with Crippen molar-refractivity contribution in [3.05, 3.63) is 179 Å². The van der Waals surface area contributed by atoms with Gasteiger partial charge >= 0.3 is 0 Å². The Morgan fingerprint density at radius 2 is 0.854 bits per heavy atom. The molecule has 0 N–H and O–H groups in total. The van der Waals surface area contributed by atoms with Gasteiger partial charge in [-0.15, -0.1) is 0 Å². The lowest BCUT2D eigenvalue weighted by Gasteiger charge is -2.38. The summed E-state index contributed by atoms with van der Waals surface area (Å²) in [5.74, 6) is 3.31. The van der Waals surface area contributed by atoms with Gasteiger partial charge in [0.1, 0.15) is 23.0 Å². The van der Waals surface area contributed by atoms with Crippen LogP contribution in [0.2, 0.25) is 0 Å². The van der Waals surface area contributed by atoms with Crippen molar-refractivity contribution in [3.63, 3.8) is 0 Å². The lowest BCUT2D eigenvalue weighted by molar-refractivity contribution is 0.160. The highest BCUT2D eigenvalue weighted by molar-refractivity contribution is 6.02. The summed E-state index contributed by atoms with van der Waals surface area (Å²) in [6.45, 7) is 5.23. The van der Waals surface area contributed by atoms with E-state index in [-0.39, 0.29) is 0 Å². The van der Waals surface area contributed by atoms with Crippen LogP contribution in [0, 0.1) is 0 Å². The molecule has 2 aliphatic heterocycles. The molecule has 4 nitrogen and oxygen atoms in total. The van der Waals surface area contributed by atoms with Gasteiger partial charge in [-0.3, -0.25) is 0 Å². The molecule has 0 radical (unpaired) electrons. The van der Waals surface area contributed by atoms with E-state index in [9.17, 15) is 0 Å². The van der Waals surface area contributed by atoms with Gasteiger partial charge < -0.3 is 18.9 Å². The quantitative estimate of drug-likeness (QED) is 0.168. The Hall–Kier alpha value is -5.74. The Morgan fingerprint density at radius 3 is 1.25 bits per heavy atom. The van der Waals surface area contributed by atoms with Crippen LogP contribution in [0.3, 0.4) is 0 Å². The molecule has 2 unspecified atom stereocenters. The van der Waals surface area contributed by atoms with E-state index in [1.807, 2.05) is 50.2 Å². The molecule has 6 aromatic carbocycles. The summed E-state index contributed by atoms with van der Waals surface area (Å²) in [5.41, 5.74) is 4.62. The Labute approximate surface area is 281 Å². The molecule has 6 aromatic rings. The topological polar surface area (TPSA) is 36.9 Å². The van der Waals surface area contributed by atoms with E-state index in [1.54, 1.807) is 0 Å². The van der Waals surface area contributed by atoms with Crippen LogP contribution in [-0.4, -0.2) is 13.2 Å². The van der Waals surface area contributed by atoms with E-state index in [1.165, 1.54) is 0 Å². The summed E-state index contributed by atoms with van der Waals surface area (Å²) < 4.78 is 25.7. The highest BCUT2D eigenvalue weighted by atomic mass is 16.5. The first-order chi connectivity index (χ1) is 23.6. The Kier molecular flexibility index (Phi) is 7.49. The Bertz CT molecular complexity index is 1980. The van der Waals surface area contributed by atoms with Crippen molar-refractivity contribution in [3.8, 4) is 23.0 Å². The largest absolute Gasteiger partial charge is 0.494 e. The monoisotopic (exact) mass is 628 g/mol. The maximum Gasteiger partial charge on any atom is 0.178 e. The molecular formula is C44H36O4. The summed E-state index contributed by atoms with van der Waals surface area (Å²) in [5, 5.41) is 2.22. The minimum absolute atomic E-state index is 0.620. The summed E-state index contributed by atoms with van der Waals surface area (Å²) in [6.07, 6.45) is 8.79. The molecule has 236 valence electrons. The van der Waals surface area contributed by atoms with Crippen molar-refractivity contribution >= 4 is 22.9 Å². The number of hydrogen-bond donors (Lipinski definition) is 0. The average Bonchev–Trinajstić information content (AvgIpc) is 3.15. The van der Waals surface area contributed by atoms with Gasteiger partial charge in [-0.05, 0) is 79.9 Å². The van der Waals surface area contributed by atoms with Gasteiger partial charge in [0, 0.05) is 38.8 Å². The normalized spacial score (nSPS) is 19.1. The van der Waals surface area contributed by atoms with E-state index in [0.717, 1.165) is 67.2 Å². The first kappa shape index (κ1) is 29.6. The van der Waals surface area contributed by atoms with E-state index < -0.39 is 11.2 Å². The lowest BCUT2D eigenvalue weighted by Crippen LogP contribution is -2.34. The molecule has 0 saturated carbocycles. The number of fused-ring (bicyclic) bond motifs is 5. The molecule has 0 saturated heterocycles. The lowest BCUT2D eigenvalue weighted by atomic mass is 9.81. The molecule has 0 aliphatic carbocycles. The maximum absolute atomic E-state index is 7.10. The summed E-state index contributed by atoms with van der Waals surface area (Å²) in [7, 11) is 0. The number of ether oxygens (including phenoxy) is 4. The first-order valence-corrected chi connectivity index (χ1v) is 16.6. The molecule has 0 amide bonds. The molecule has 2 atom stereocenters. The Morgan fingerprint density at radius 1 is 0.458 bits per heavy atom. The van der Waals surface area contributed by atoms with E-state index >= 15 is 0 Å². The minimum Gasteiger partial charge on any atom is -0.494 e. The third kappa shape index (κ3) is 4.92. The molecule has 0 aromatic heterocycles. The van der Waals surface area contributed by atoms with Gasteiger partial charge in [-0.2, -0.15) is 0 Å². The summed E-state index contributed by atoms with van der Waals surface area (Å²) in [6, 6.07) is 45.6. The number of benzene rings is 6. The Balaban J connectivity index is 1.25. The second-order valence-corrected chi connectivity index (χ2v) is 12.0. The van der Waals surface area contributed by atoms with Crippen LogP contribution in [-0.2, 0) is 11.2 Å². The summed E-state index contributed by atoms with van der Waals surface area (Å²) in [4.78, 5) is 0. The van der Waals surface area contributed by atoms with Gasteiger partial charge in [0.05, 0.1) is 13.2 Å². The standard InChI is InChI=1S/C44H36O4/c1-3-45-36-21-17-34(18-22-36)43(32-11-7-5-8-12-32)29-27-38-40(47-43)25-15-31-16-26-41-39(42(31)38)28-30-44(48-41,33-13-9-6-10-14-33)35-19-23-37(24-20-35)46-4-2/h5-30H,3-4H2,1-2H3. The molecule has 8 rings (SSSR count). The fourth-order valence-electron chi connectivity index (χ4n) is 7.02. The second kappa shape index (κ2) is 12.1. The first-order valence-electron chi connectivity index (χ1n) is 16.6. The van der Waals surface area contributed by atoms with E-state index in [2.05, 4.69) is 121 Å². The highest BCUT2D eigenvalue weighted by Gasteiger charge is 2.40. The zero-order valence-corrected chi connectivity index (χ0v) is 27.1. The van der Waals surface area contributed by atoms with Crippen molar-refractivity contribution in [2.24, 2.45) is 0 Å². The predicted molar refractivity (Wildman–Crippen MR) is 193 cm³/mol. The SMILES string of the molecule is CCOc1ccc(C2(c3ccccc3)C=Cc3c(ccc4ccc5c(c34)C=CC(c3ccccc3)(c3ccc(OCC)cc3)O5)O2)cc1. The van der Waals surface area contributed by atoms with Crippen molar-refractivity contribution in [2.75, 3.05) is 13.2 Å². The fourth-order valence-corrected chi connectivity index (χ4v) is 7.02. The molecular weight excluding hydrogens is 592 g/mol. The molecule has 0 fully saturated rings. The third-order valence-corrected chi connectivity index (χ3v) is 9.29. The molecule has 2 heterocycles. The van der Waals surface area contributed by atoms with Crippen molar-refractivity contribution in [2.45, 2.75) is 25.0 Å². The van der Waals surface area contributed by atoms with Crippen LogP contribution < -0.4 is 18.9 Å². The smallest absolute Gasteiger partial charge is 0.178 e. The molecule has 2 aliphatic rings. The van der Waals surface area contributed by atoms with Crippen LogP contribution in [0.5, 0.6) is 23.0 Å². The molecule has 48 heavy (non-hydrogen) atoms. The fraction of sp³-hybridized carbons (Fsp3) is 0.136. The van der Waals surface area contributed by atoms with Crippen LogP contribution in [0.4, 0.5) is 0 Å². The molecule has 4 heteroatoms. The average molecular weight is 629 g/mol. The van der Waals surface area contributed by atoms with Crippen LogP contribution >= 0.6 is 0 Å². The third-order valence-electron chi connectivity index (χ3n) is 9.29. The second-order valence-electron chi connectivity index (χ2n) is 12.0. The number of rotatable bonds is 8. The van der Waals surface area contributed by atoms with E-state index in [4.69, 9.17) is 18.9 Å². The molecule has 0 spiro atoms. The molecule has 0 bridgehead atoms.